The Morgan fingerprint density at radius 1 is 0.938 bits per heavy atom. The molecule has 0 aliphatic heterocycles. The molecular weight excluding hydrogens is 194 g/mol. The lowest BCUT2D eigenvalue weighted by Gasteiger charge is -2.36. The van der Waals surface area contributed by atoms with Crippen molar-refractivity contribution >= 4 is 0 Å². The first-order valence-corrected chi connectivity index (χ1v) is 7.27. The van der Waals surface area contributed by atoms with E-state index in [1.54, 1.807) is 0 Å². The molecule has 2 atom stereocenters. The molecule has 1 N–H and O–H groups in total. The fourth-order valence-corrected chi connectivity index (χ4v) is 3.50. The van der Waals surface area contributed by atoms with Gasteiger partial charge < -0.3 is 5.32 Å². The highest BCUT2D eigenvalue weighted by Gasteiger charge is 2.26. The Morgan fingerprint density at radius 3 is 2.38 bits per heavy atom. The maximum Gasteiger partial charge on any atom is 0.0101 e. The van der Waals surface area contributed by atoms with E-state index in [2.05, 4.69) is 18.0 Å². The van der Waals surface area contributed by atoms with Crippen molar-refractivity contribution in [1.29, 1.82) is 0 Å². The van der Waals surface area contributed by atoms with E-state index in [-0.39, 0.29) is 0 Å². The Labute approximate surface area is 101 Å². The largest absolute Gasteiger partial charge is 0.311 e. The van der Waals surface area contributed by atoms with E-state index in [0.29, 0.717) is 0 Å². The van der Waals surface area contributed by atoms with Crippen LogP contribution in [0, 0.1) is 5.92 Å². The number of rotatable bonds is 4. The van der Waals surface area contributed by atoms with Crippen molar-refractivity contribution in [2.45, 2.75) is 76.3 Å². The number of hydrogen-bond donors (Lipinski definition) is 1. The third kappa shape index (κ3) is 3.35. The molecule has 92 valence electrons. The Morgan fingerprint density at radius 2 is 1.62 bits per heavy atom. The molecule has 0 aromatic heterocycles. The van der Waals surface area contributed by atoms with Crippen molar-refractivity contribution in [3.05, 3.63) is 12.7 Å². The van der Waals surface area contributed by atoms with Crippen LogP contribution in [0.5, 0.6) is 0 Å². The quantitative estimate of drug-likeness (QED) is 0.706. The van der Waals surface area contributed by atoms with E-state index in [1.807, 2.05) is 0 Å². The zero-order valence-electron chi connectivity index (χ0n) is 10.6. The minimum atomic E-state index is 0.787. The van der Waals surface area contributed by atoms with Gasteiger partial charge in [0, 0.05) is 12.1 Å². The third-order valence-electron chi connectivity index (χ3n) is 4.43. The van der Waals surface area contributed by atoms with Crippen molar-refractivity contribution in [3.63, 3.8) is 0 Å². The van der Waals surface area contributed by atoms with E-state index in [1.165, 1.54) is 64.2 Å². The lowest BCUT2D eigenvalue weighted by atomic mass is 9.81. The van der Waals surface area contributed by atoms with Crippen molar-refractivity contribution in [2.24, 2.45) is 5.92 Å². The van der Waals surface area contributed by atoms with Gasteiger partial charge in [-0.25, -0.2) is 0 Å². The highest BCUT2D eigenvalue weighted by atomic mass is 15.0. The van der Waals surface area contributed by atoms with Gasteiger partial charge in [-0.3, -0.25) is 0 Å². The molecule has 0 heterocycles. The molecule has 0 spiro atoms. The summed E-state index contributed by atoms with van der Waals surface area (Å²) in [5, 5.41) is 3.94. The number of allylic oxidation sites excluding steroid dienone is 1. The predicted octanol–water partition coefficient (Wildman–Crippen LogP) is 4.04. The Kier molecular flexibility index (Phi) is 4.90. The van der Waals surface area contributed by atoms with Crippen LogP contribution in [-0.4, -0.2) is 12.1 Å². The van der Waals surface area contributed by atoms with Crippen LogP contribution in [0.1, 0.15) is 64.2 Å². The first-order valence-electron chi connectivity index (χ1n) is 7.27. The number of hydrogen-bond acceptors (Lipinski definition) is 1. The minimum absolute atomic E-state index is 0.787. The summed E-state index contributed by atoms with van der Waals surface area (Å²) in [7, 11) is 0. The maximum atomic E-state index is 3.94. The molecular formula is C15H27N. The Bertz CT molecular complexity index is 205. The summed E-state index contributed by atoms with van der Waals surface area (Å²) in [6, 6.07) is 1.61. The summed E-state index contributed by atoms with van der Waals surface area (Å²) in [5.74, 6) is 0.869. The van der Waals surface area contributed by atoms with Gasteiger partial charge in [0.2, 0.25) is 0 Å². The van der Waals surface area contributed by atoms with E-state index in [9.17, 15) is 0 Å². The summed E-state index contributed by atoms with van der Waals surface area (Å²) in [6.45, 7) is 3.91. The molecule has 2 aliphatic rings. The van der Waals surface area contributed by atoms with Gasteiger partial charge in [-0.05, 0) is 38.0 Å². The highest BCUT2D eigenvalue weighted by Crippen LogP contribution is 2.29. The summed E-state index contributed by atoms with van der Waals surface area (Å²) < 4.78 is 0. The first kappa shape index (κ1) is 12.2. The summed E-state index contributed by atoms with van der Waals surface area (Å²) >= 11 is 0. The van der Waals surface area contributed by atoms with Gasteiger partial charge in [0.15, 0.2) is 0 Å². The Hall–Kier alpha value is -0.300. The van der Waals surface area contributed by atoms with Crippen LogP contribution in [0.3, 0.4) is 0 Å². The molecule has 0 bridgehead atoms. The monoisotopic (exact) mass is 221 g/mol. The fourth-order valence-electron chi connectivity index (χ4n) is 3.50. The molecule has 0 aromatic rings. The molecule has 2 aliphatic carbocycles. The summed E-state index contributed by atoms with van der Waals surface area (Å²) in [6.07, 6.45) is 16.2. The summed E-state index contributed by atoms with van der Waals surface area (Å²) in [5.41, 5.74) is 0. The molecule has 2 saturated carbocycles. The van der Waals surface area contributed by atoms with E-state index in [4.69, 9.17) is 0 Å². The Balaban J connectivity index is 1.82. The van der Waals surface area contributed by atoms with Gasteiger partial charge >= 0.3 is 0 Å². The molecule has 1 heteroatoms. The molecule has 0 amide bonds. The topological polar surface area (TPSA) is 12.0 Å². The van der Waals surface area contributed by atoms with Crippen molar-refractivity contribution < 1.29 is 0 Å². The van der Waals surface area contributed by atoms with Gasteiger partial charge in [0.25, 0.3) is 0 Å². The van der Waals surface area contributed by atoms with Gasteiger partial charge in [-0.15, -0.1) is 6.58 Å². The average Bonchev–Trinajstić information content (AvgIpc) is 2.33. The normalized spacial score (nSPS) is 32.5. The van der Waals surface area contributed by atoms with E-state index < -0.39 is 0 Å². The summed E-state index contributed by atoms with van der Waals surface area (Å²) in [4.78, 5) is 0. The van der Waals surface area contributed by atoms with Crippen LogP contribution in [0.4, 0.5) is 0 Å². The van der Waals surface area contributed by atoms with Crippen molar-refractivity contribution in [3.8, 4) is 0 Å². The standard InChI is InChI=1S/C15H27N/c1-2-8-13-9-6-7-12-15(13)16-14-10-4-3-5-11-14/h2,13-16H,1,3-12H2. The lowest BCUT2D eigenvalue weighted by Crippen LogP contribution is -2.45. The molecule has 1 nitrogen and oxygen atoms in total. The van der Waals surface area contributed by atoms with Crippen molar-refractivity contribution in [2.75, 3.05) is 0 Å². The van der Waals surface area contributed by atoms with Crippen LogP contribution in [-0.2, 0) is 0 Å². The zero-order valence-corrected chi connectivity index (χ0v) is 10.6. The predicted molar refractivity (Wildman–Crippen MR) is 70.6 cm³/mol. The molecule has 0 aromatic carbocycles. The van der Waals surface area contributed by atoms with Gasteiger partial charge in [-0.2, -0.15) is 0 Å². The average molecular weight is 221 g/mol. The van der Waals surface area contributed by atoms with Crippen LogP contribution in [0.15, 0.2) is 12.7 Å². The minimum Gasteiger partial charge on any atom is -0.311 e. The fraction of sp³-hybridized carbons (Fsp3) is 0.867. The van der Waals surface area contributed by atoms with Crippen LogP contribution >= 0.6 is 0 Å². The van der Waals surface area contributed by atoms with E-state index in [0.717, 1.165) is 18.0 Å². The number of nitrogens with one attached hydrogen (secondary N) is 1. The highest BCUT2D eigenvalue weighted by molar-refractivity contribution is 4.88. The van der Waals surface area contributed by atoms with Gasteiger partial charge in [0.05, 0.1) is 0 Å². The molecule has 0 saturated heterocycles. The van der Waals surface area contributed by atoms with Crippen LogP contribution in [0.2, 0.25) is 0 Å². The second kappa shape index (κ2) is 6.44. The van der Waals surface area contributed by atoms with Crippen molar-refractivity contribution in [1.82, 2.24) is 5.32 Å². The second-order valence-electron chi connectivity index (χ2n) is 5.68. The smallest absolute Gasteiger partial charge is 0.0101 e. The SMILES string of the molecule is C=CCC1CCCCC1NC1CCCCC1. The molecule has 0 radical (unpaired) electrons. The second-order valence-corrected chi connectivity index (χ2v) is 5.68. The van der Waals surface area contributed by atoms with E-state index >= 15 is 0 Å². The van der Waals surface area contributed by atoms with Gasteiger partial charge in [-0.1, -0.05) is 38.2 Å². The molecule has 16 heavy (non-hydrogen) atoms. The van der Waals surface area contributed by atoms with Crippen LogP contribution < -0.4 is 5.32 Å². The molecule has 2 rings (SSSR count). The first-order chi connectivity index (χ1) is 7.90. The molecule has 2 fully saturated rings. The molecule has 2 unspecified atom stereocenters. The van der Waals surface area contributed by atoms with Crippen LogP contribution in [0.25, 0.3) is 0 Å². The lowest BCUT2D eigenvalue weighted by molar-refractivity contribution is 0.223. The van der Waals surface area contributed by atoms with Gasteiger partial charge in [0.1, 0.15) is 0 Å². The third-order valence-corrected chi connectivity index (χ3v) is 4.43. The maximum absolute atomic E-state index is 3.94. The zero-order chi connectivity index (χ0) is 11.2.